The summed E-state index contributed by atoms with van der Waals surface area (Å²) in [6.45, 7) is 3.66. The molecule has 3 aromatic rings. The van der Waals surface area contributed by atoms with E-state index in [0.717, 1.165) is 30.5 Å². The topological polar surface area (TPSA) is 68.5 Å². The van der Waals surface area contributed by atoms with Gasteiger partial charge in [-0.25, -0.2) is 9.97 Å². The first kappa shape index (κ1) is 16.6. The molecule has 1 saturated heterocycles. The van der Waals surface area contributed by atoms with Crippen LogP contribution in [0, 0.1) is 0 Å². The lowest BCUT2D eigenvalue weighted by Gasteiger charge is -2.31. The molecule has 26 heavy (non-hydrogen) atoms. The molecule has 1 amide bonds. The van der Waals surface area contributed by atoms with Crippen LogP contribution in [0.1, 0.15) is 41.9 Å². The van der Waals surface area contributed by atoms with Gasteiger partial charge in [0.15, 0.2) is 11.5 Å². The lowest BCUT2D eigenvalue weighted by Crippen LogP contribution is -2.39. The van der Waals surface area contributed by atoms with E-state index < -0.39 is 0 Å². The van der Waals surface area contributed by atoms with E-state index in [-0.39, 0.29) is 11.8 Å². The van der Waals surface area contributed by atoms with E-state index >= 15 is 0 Å². The maximum Gasteiger partial charge on any atom is 0.259 e. The number of hydrogen-bond donors (Lipinski definition) is 0. The van der Waals surface area contributed by atoms with Crippen LogP contribution in [-0.2, 0) is 0 Å². The molecule has 0 spiro atoms. The van der Waals surface area contributed by atoms with E-state index in [0.29, 0.717) is 30.5 Å². The molecule has 1 aromatic carbocycles. The summed E-state index contributed by atoms with van der Waals surface area (Å²) in [6.07, 6.45) is 3.51. The lowest BCUT2D eigenvalue weighted by atomic mass is 9.97. The van der Waals surface area contributed by atoms with E-state index in [9.17, 15) is 4.79 Å². The maximum atomic E-state index is 13.0. The highest BCUT2D eigenvalue weighted by molar-refractivity contribution is 5.96. The Morgan fingerprint density at radius 3 is 3.04 bits per heavy atom. The third-order valence-corrected chi connectivity index (χ3v) is 4.65. The minimum atomic E-state index is -0.0534. The summed E-state index contributed by atoms with van der Waals surface area (Å²) in [5.41, 5.74) is 2.15. The largest absolute Gasteiger partial charge is 0.477 e. The van der Waals surface area contributed by atoms with Crippen LogP contribution in [0.2, 0.25) is 0 Å². The standard InChI is InChI=1S/C20H21N3O3/c1-2-25-19-15(8-5-11-21-19)20(24)23-12-6-7-14(13-23)18-22-16-9-3-4-10-17(16)26-18/h3-5,8-11,14H,2,6-7,12-13H2,1H3/t14-/m0/s1. The van der Waals surface area contributed by atoms with Crippen molar-refractivity contribution >= 4 is 17.0 Å². The van der Waals surface area contributed by atoms with Crippen molar-refractivity contribution in [2.75, 3.05) is 19.7 Å². The Balaban J connectivity index is 1.56. The van der Waals surface area contributed by atoms with Gasteiger partial charge in [0.1, 0.15) is 11.1 Å². The van der Waals surface area contributed by atoms with Crippen LogP contribution in [0.4, 0.5) is 0 Å². The number of piperidine rings is 1. The predicted molar refractivity (Wildman–Crippen MR) is 97.3 cm³/mol. The van der Waals surface area contributed by atoms with Gasteiger partial charge in [-0.1, -0.05) is 12.1 Å². The number of rotatable bonds is 4. The number of carbonyl (C=O) groups is 1. The highest BCUT2D eigenvalue weighted by Gasteiger charge is 2.30. The number of carbonyl (C=O) groups excluding carboxylic acids is 1. The normalized spacial score (nSPS) is 17.4. The summed E-state index contributed by atoms with van der Waals surface area (Å²) in [5.74, 6) is 1.15. The number of pyridine rings is 1. The first-order valence-electron chi connectivity index (χ1n) is 8.99. The number of nitrogens with zero attached hydrogens (tertiary/aromatic N) is 3. The molecule has 1 fully saturated rings. The Morgan fingerprint density at radius 2 is 2.19 bits per heavy atom. The van der Waals surface area contributed by atoms with Gasteiger partial charge in [0, 0.05) is 19.3 Å². The van der Waals surface area contributed by atoms with Crippen LogP contribution >= 0.6 is 0 Å². The molecule has 1 atom stereocenters. The molecule has 3 heterocycles. The molecule has 0 aliphatic carbocycles. The van der Waals surface area contributed by atoms with Crippen molar-refractivity contribution in [1.82, 2.24) is 14.9 Å². The summed E-state index contributed by atoms with van der Waals surface area (Å²) in [5, 5.41) is 0. The van der Waals surface area contributed by atoms with Crippen LogP contribution in [0.3, 0.4) is 0 Å². The van der Waals surface area contributed by atoms with Crippen LogP contribution in [0.5, 0.6) is 5.88 Å². The molecule has 4 rings (SSSR count). The van der Waals surface area contributed by atoms with Gasteiger partial charge in [0.2, 0.25) is 5.88 Å². The number of likely N-dealkylation sites (tertiary alicyclic amines) is 1. The molecule has 1 aliphatic rings. The quantitative estimate of drug-likeness (QED) is 0.718. The minimum absolute atomic E-state index is 0.0534. The second kappa shape index (κ2) is 7.15. The van der Waals surface area contributed by atoms with Gasteiger partial charge in [0.25, 0.3) is 5.91 Å². The summed E-state index contributed by atoms with van der Waals surface area (Å²) in [6, 6.07) is 11.3. The fraction of sp³-hybridized carbons (Fsp3) is 0.350. The van der Waals surface area contributed by atoms with Gasteiger partial charge in [-0.05, 0) is 44.0 Å². The molecular weight excluding hydrogens is 330 g/mol. The lowest BCUT2D eigenvalue weighted by molar-refractivity contribution is 0.0694. The molecule has 6 nitrogen and oxygen atoms in total. The fourth-order valence-electron chi connectivity index (χ4n) is 3.40. The Bertz CT molecular complexity index is 888. The fourth-order valence-corrected chi connectivity index (χ4v) is 3.40. The van der Waals surface area contributed by atoms with E-state index in [1.165, 1.54) is 0 Å². The zero-order valence-corrected chi connectivity index (χ0v) is 14.7. The Labute approximate surface area is 151 Å². The Kier molecular flexibility index (Phi) is 4.56. The number of hydrogen-bond acceptors (Lipinski definition) is 5. The van der Waals surface area contributed by atoms with E-state index in [1.807, 2.05) is 36.1 Å². The number of para-hydroxylation sites is 2. The summed E-state index contributed by atoms with van der Waals surface area (Å²) in [7, 11) is 0. The number of aromatic nitrogens is 2. The average molecular weight is 351 g/mol. The van der Waals surface area contributed by atoms with Crippen LogP contribution in [0.25, 0.3) is 11.1 Å². The summed E-state index contributed by atoms with van der Waals surface area (Å²) >= 11 is 0. The van der Waals surface area contributed by atoms with Crippen LogP contribution in [0.15, 0.2) is 47.0 Å². The van der Waals surface area contributed by atoms with E-state index in [2.05, 4.69) is 9.97 Å². The van der Waals surface area contributed by atoms with Crippen molar-refractivity contribution in [3.05, 3.63) is 54.0 Å². The zero-order valence-electron chi connectivity index (χ0n) is 14.7. The molecule has 2 aromatic heterocycles. The maximum absolute atomic E-state index is 13.0. The molecule has 134 valence electrons. The molecule has 0 unspecified atom stereocenters. The molecule has 6 heteroatoms. The van der Waals surface area contributed by atoms with Crippen molar-refractivity contribution < 1.29 is 13.9 Å². The van der Waals surface area contributed by atoms with Gasteiger partial charge in [0.05, 0.1) is 12.5 Å². The zero-order chi connectivity index (χ0) is 17.9. The second-order valence-electron chi connectivity index (χ2n) is 6.40. The molecular formula is C20H21N3O3. The van der Waals surface area contributed by atoms with Gasteiger partial charge < -0.3 is 14.1 Å². The van der Waals surface area contributed by atoms with E-state index in [1.54, 1.807) is 18.3 Å². The van der Waals surface area contributed by atoms with Crippen molar-refractivity contribution in [1.29, 1.82) is 0 Å². The van der Waals surface area contributed by atoms with Crippen LogP contribution in [-0.4, -0.2) is 40.5 Å². The highest BCUT2D eigenvalue weighted by atomic mass is 16.5. The van der Waals surface area contributed by atoms with E-state index in [4.69, 9.17) is 9.15 Å². The average Bonchev–Trinajstić information content (AvgIpc) is 3.13. The number of ether oxygens (including phenoxy) is 1. The first-order chi connectivity index (χ1) is 12.8. The van der Waals surface area contributed by atoms with Gasteiger partial charge in [-0.15, -0.1) is 0 Å². The molecule has 0 saturated carbocycles. The van der Waals surface area contributed by atoms with Crippen LogP contribution < -0.4 is 4.74 Å². The summed E-state index contributed by atoms with van der Waals surface area (Å²) in [4.78, 5) is 23.6. The monoisotopic (exact) mass is 351 g/mol. The summed E-state index contributed by atoms with van der Waals surface area (Å²) < 4.78 is 11.4. The Morgan fingerprint density at radius 1 is 1.31 bits per heavy atom. The minimum Gasteiger partial charge on any atom is -0.477 e. The number of amides is 1. The molecule has 0 radical (unpaired) electrons. The molecule has 1 aliphatic heterocycles. The predicted octanol–water partition coefficient (Wildman–Crippen LogP) is 3.64. The second-order valence-corrected chi connectivity index (χ2v) is 6.40. The number of benzene rings is 1. The molecule has 0 bridgehead atoms. The van der Waals surface area contributed by atoms with Gasteiger partial charge in [-0.3, -0.25) is 4.79 Å². The first-order valence-corrected chi connectivity index (χ1v) is 8.99. The van der Waals surface area contributed by atoms with Gasteiger partial charge in [-0.2, -0.15) is 0 Å². The third-order valence-electron chi connectivity index (χ3n) is 4.65. The van der Waals surface area contributed by atoms with Crippen molar-refractivity contribution in [3.8, 4) is 5.88 Å². The highest BCUT2D eigenvalue weighted by Crippen LogP contribution is 2.30. The van der Waals surface area contributed by atoms with Crippen molar-refractivity contribution in [3.63, 3.8) is 0 Å². The van der Waals surface area contributed by atoms with Crippen molar-refractivity contribution in [2.45, 2.75) is 25.7 Å². The molecule has 0 N–H and O–H groups in total. The number of oxazole rings is 1. The SMILES string of the molecule is CCOc1ncccc1C(=O)N1CCC[C@H](c2nc3ccccc3o2)C1. The Hall–Kier alpha value is -2.89. The van der Waals surface area contributed by atoms with Crippen molar-refractivity contribution in [2.24, 2.45) is 0 Å². The third kappa shape index (κ3) is 3.14. The number of fused-ring (bicyclic) bond motifs is 1. The smallest absolute Gasteiger partial charge is 0.259 e. The van der Waals surface area contributed by atoms with Gasteiger partial charge >= 0.3 is 0 Å².